The van der Waals surface area contributed by atoms with Crippen LogP contribution in [0.5, 0.6) is 0 Å². The number of fused-ring (bicyclic) bond motifs is 1. The molecule has 0 bridgehead atoms. The molecule has 7 heteroatoms. The van der Waals surface area contributed by atoms with Gasteiger partial charge in [-0.15, -0.1) is 0 Å². The molecular weight excluding hydrogens is 364 g/mol. The Balaban J connectivity index is 2.43. The van der Waals surface area contributed by atoms with Gasteiger partial charge in [0.2, 0.25) is 0 Å². The molecule has 3 aromatic rings. The van der Waals surface area contributed by atoms with E-state index in [1.807, 2.05) is 30.3 Å². The van der Waals surface area contributed by atoms with Gasteiger partial charge in [-0.3, -0.25) is 0 Å². The molecule has 90 valence electrons. The molecule has 0 atom stereocenters. The van der Waals surface area contributed by atoms with Gasteiger partial charge in [-0.1, -0.05) is 30.3 Å². The van der Waals surface area contributed by atoms with E-state index in [0.717, 1.165) is 5.56 Å². The summed E-state index contributed by atoms with van der Waals surface area (Å²) in [5, 5.41) is 6.53. The topological polar surface area (TPSA) is 63.0 Å². The lowest BCUT2D eigenvalue weighted by molar-refractivity contribution is 0.881. The summed E-state index contributed by atoms with van der Waals surface area (Å²) < 4.78 is 2.57. The Kier molecular flexibility index (Phi) is 2.79. The smallest absolute Gasteiger partial charge is 0.246 e. The molecule has 0 unspecified atom stereocenters. The van der Waals surface area contributed by atoms with Gasteiger partial charge < -0.3 is 0 Å². The molecule has 1 N–H and O–H groups in total. The monoisotopic (exact) mass is 368 g/mol. The van der Waals surface area contributed by atoms with Crippen LogP contribution >= 0.6 is 31.9 Å². The van der Waals surface area contributed by atoms with Crippen LogP contribution in [0.15, 0.2) is 44.3 Å². The van der Waals surface area contributed by atoms with Gasteiger partial charge in [0.15, 0.2) is 5.65 Å². The van der Waals surface area contributed by atoms with E-state index < -0.39 is 0 Å². The van der Waals surface area contributed by atoms with Gasteiger partial charge in [-0.2, -0.15) is 5.10 Å². The number of benzene rings is 1. The van der Waals surface area contributed by atoms with Crippen LogP contribution in [0.1, 0.15) is 0 Å². The first-order valence-electron chi connectivity index (χ1n) is 5.06. The largest absolute Gasteiger partial charge is 0.348 e. The third kappa shape index (κ3) is 1.70. The van der Waals surface area contributed by atoms with E-state index in [1.54, 1.807) is 0 Å². The highest BCUT2D eigenvalue weighted by molar-refractivity contribution is 9.13. The van der Waals surface area contributed by atoms with E-state index in [-0.39, 0.29) is 5.69 Å². The number of hydrogen-bond acceptors (Lipinski definition) is 3. The van der Waals surface area contributed by atoms with Crippen molar-refractivity contribution in [2.24, 2.45) is 0 Å². The predicted octanol–water partition coefficient (Wildman–Crippen LogP) is 2.61. The third-order valence-corrected chi connectivity index (χ3v) is 4.32. The van der Waals surface area contributed by atoms with E-state index in [1.165, 1.54) is 4.40 Å². The average Bonchev–Trinajstić information content (AvgIpc) is 2.68. The Morgan fingerprint density at radius 3 is 2.61 bits per heavy atom. The number of aromatic amines is 1. The van der Waals surface area contributed by atoms with Crippen molar-refractivity contribution in [3.05, 3.63) is 50.0 Å². The van der Waals surface area contributed by atoms with Crippen molar-refractivity contribution in [1.29, 1.82) is 0 Å². The molecule has 0 saturated carbocycles. The lowest BCUT2D eigenvalue weighted by Crippen LogP contribution is -2.18. The summed E-state index contributed by atoms with van der Waals surface area (Å²) in [4.78, 5) is 16.1. The maximum Gasteiger partial charge on any atom is 0.348 e. The number of nitrogens with one attached hydrogen (secondary N) is 1. The lowest BCUT2D eigenvalue weighted by Gasteiger charge is -2.01. The first kappa shape index (κ1) is 11.6. The van der Waals surface area contributed by atoms with E-state index in [2.05, 4.69) is 47.0 Å². The number of hydrogen-bond donors (Lipinski definition) is 1. The van der Waals surface area contributed by atoms with Gasteiger partial charge in [0.05, 0.1) is 0 Å². The van der Waals surface area contributed by atoms with Gasteiger partial charge in [-0.25, -0.2) is 19.3 Å². The summed E-state index contributed by atoms with van der Waals surface area (Å²) in [5.74, 6) is 0. The van der Waals surface area contributed by atoms with Crippen molar-refractivity contribution < 1.29 is 0 Å². The second-order valence-electron chi connectivity index (χ2n) is 3.60. The van der Waals surface area contributed by atoms with Crippen molar-refractivity contribution in [2.75, 3.05) is 0 Å². The van der Waals surface area contributed by atoms with Gasteiger partial charge >= 0.3 is 5.69 Å². The fraction of sp³-hybridized carbons (Fsp3) is 0. The number of nitrogens with zero attached hydrogens (tertiary/aromatic N) is 3. The molecule has 0 aliphatic heterocycles. The van der Waals surface area contributed by atoms with Gasteiger partial charge in [0.1, 0.15) is 14.9 Å². The first-order chi connectivity index (χ1) is 8.68. The van der Waals surface area contributed by atoms with Crippen molar-refractivity contribution >= 4 is 37.5 Å². The van der Waals surface area contributed by atoms with Crippen LogP contribution in [-0.4, -0.2) is 19.6 Å². The lowest BCUT2D eigenvalue weighted by atomic mass is 10.2. The number of rotatable bonds is 1. The summed E-state index contributed by atoms with van der Waals surface area (Å²) in [5.41, 5.74) is 1.68. The zero-order valence-electron chi connectivity index (χ0n) is 8.89. The van der Waals surface area contributed by atoms with E-state index in [0.29, 0.717) is 20.5 Å². The van der Waals surface area contributed by atoms with Gasteiger partial charge in [0.25, 0.3) is 0 Å². The molecule has 0 amide bonds. The zero-order chi connectivity index (χ0) is 12.7. The summed E-state index contributed by atoms with van der Waals surface area (Å²) in [7, 11) is 0. The molecule has 0 aliphatic carbocycles. The van der Waals surface area contributed by atoms with E-state index in [4.69, 9.17) is 0 Å². The summed E-state index contributed by atoms with van der Waals surface area (Å²) >= 11 is 6.60. The van der Waals surface area contributed by atoms with Crippen LogP contribution in [0.2, 0.25) is 0 Å². The predicted molar refractivity (Wildman–Crippen MR) is 74.4 cm³/mol. The van der Waals surface area contributed by atoms with Crippen LogP contribution in [-0.2, 0) is 0 Å². The number of imidazole rings is 1. The summed E-state index contributed by atoms with van der Waals surface area (Å²) in [6.45, 7) is 0. The van der Waals surface area contributed by atoms with Gasteiger partial charge in [0, 0.05) is 5.56 Å². The highest BCUT2D eigenvalue weighted by Crippen LogP contribution is 2.27. The molecule has 0 aliphatic rings. The fourth-order valence-electron chi connectivity index (χ4n) is 1.71. The standard InChI is InChI=1S/C11H6Br2N4O/c12-8-9(13)17-10(14-8)7(15-16-11(17)18)6-4-2-1-3-5-6/h1-5H,(H,16,18). The Morgan fingerprint density at radius 1 is 1.17 bits per heavy atom. The van der Waals surface area contributed by atoms with Gasteiger partial charge in [-0.05, 0) is 31.9 Å². The Morgan fingerprint density at radius 2 is 1.89 bits per heavy atom. The molecule has 3 rings (SSSR count). The molecule has 0 radical (unpaired) electrons. The first-order valence-corrected chi connectivity index (χ1v) is 6.64. The van der Waals surface area contributed by atoms with Crippen LogP contribution < -0.4 is 5.69 Å². The Labute approximate surface area is 118 Å². The molecule has 1 aromatic carbocycles. The molecule has 5 nitrogen and oxygen atoms in total. The van der Waals surface area contributed by atoms with Crippen molar-refractivity contribution in [3.63, 3.8) is 0 Å². The maximum atomic E-state index is 11.8. The Bertz CT molecular complexity index is 779. The molecule has 0 spiro atoms. The second kappa shape index (κ2) is 4.33. The molecular formula is C11H6Br2N4O. The third-order valence-electron chi connectivity index (χ3n) is 2.51. The molecule has 0 fully saturated rings. The minimum atomic E-state index is -0.338. The minimum absolute atomic E-state index is 0.338. The van der Waals surface area contributed by atoms with Crippen LogP contribution in [0.25, 0.3) is 16.9 Å². The normalized spacial score (nSPS) is 11.0. The van der Waals surface area contributed by atoms with Crippen LogP contribution in [0.4, 0.5) is 0 Å². The Hall–Kier alpha value is -1.47. The van der Waals surface area contributed by atoms with Crippen molar-refractivity contribution in [2.45, 2.75) is 0 Å². The van der Waals surface area contributed by atoms with Crippen LogP contribution in [0, 0.1) is 0 Å². The zero-order valence-corrected chi connectivity index (χ0v) is 12.1. The minimum Gasteiger partial charge on any atom is -0.246 e. The highest BCUT2D eigenvalue weighted by atomic mass is 79.9. The van der Waals surface area contributed by atoms with E-state index in [9.17, 15) is 4.79 Å². The quantitative estimate of drug-likeness (QED) is 0.717. The molecule has 18 heavy (non-hydrogen) atoms. The summed E-state index contributed by atoms with van der Waals surface area (Å²) in [6.07, 6.45) is 0. The highest BCUT2D eigenvalue weighted by Gasteiger charge is 2.15. The molecule has 0 saturated heterocycles. The van der Waals surface area contributed by atoms with Crippen LogP contribution in [0.3, 0.4) is 0 Å². The number of halogens is 2. The number of aromatic nitrogens is 4. The molecule has 2 aromatic heterocycles. The SMILES string of the molecule is O=c1[nH]nc(-c2ccccc2)c2nc(Br)c(Br)n12. The van der Waals surface area contributed by atoms with Crippen molar-refractivity contribution in [1.82, 2.24) is 19.6 Å². The fourth-order valence-corrected chi connectivity index (χ4v) is 2.47. The summed E-state index contributed by atoms with van der Waals surface area (Å²) in [6, 6.07) is 9.56. The maximum absolute atomic E-state index is 11.8. The van der Waals surface area contributed by atoms with Crippen molar-refractivity contribution in [3.8, 4) is 11.3 Å². The molecule has 2 heterocycles. The number of H-pyrrole nitrogens is 1. The average molecular weight is 370 g/mol. The second-order valence-corrected chi connectivity index (χ2v) is 5.10. The van der Waals surface area contributed by atoms with E-state index >= 15 is 0 Å².